The third-order valence-electron chi connectivity index (χ3n) is 3.38. The summed E-state index contributed by atoms with van der Waals surface area (Å²) >= 11 is 5.87. The van der Waals surface area contributed by atoms with Gasteiger partial charge in [-0.15, -0.1) is 0 Å². The quantitative estimate of drug-likeness (QED) is 0.571. The molecular formula is C12H18ClN3O. The van der Waals surface area contributed by atoms with E-state index < -0.39 is 6.23 Å². The first-order chi connectivity index (χ1) is 7.99. The zero-order chi connectivity index (χ0) is 12.6. The number of aryl methyl sites for hydroxylation is 1. The summed E-state index contributed by atoms with van der Waals surface area (Å²) in [6, 6.07) is 1.71. The van der Waals surface area contributed by atoms with Crippen LogP contribution in [-0.2, 0) is 0 Å². The van der Waals surface area contributed by atoms with Gasteiger partial charge >= 0.3 is 0 Å². The molecule has 5 heteroatoms. The Morgan fingerprint density at radius 3 is 2.82 bits per heavy atom. The maximum atomic E-state index is 10.0. The van der Waals surface area contributed by atoms with Gasteiger partial charge in [-0.05, 0) is 37.3 Å². The topological polar surface area (TPSA) is 71.2 Å². The number of nitrogens with zero attached hydrogens (tertiary/aromatic N) is 1. The second-order valence-electron chi connectivity index (χ2n) is 4.81. The van der Waals surface area contributed by atoms with E-state index >= 15 is 0 Å². The minimum Gasteiger partial charge on any atom is -0.396 e. The Morgan fingerprint density at radius 2 is 2.24 bits per heavy atom. The van der Waals surface area contributed by atoms with Crippen LogP contribution in [0, 0.1) is 18.8 Å². The molecule has 2 rings (SSSR count). The van der Waals surface area contributed by atoms with Gasteiger partial charge in [-0.1, -0.05) is 18.5 Å². The zero-order valence-electron chi connectivity index (χ0n) is 10.1. The average Bonchev–Trinajstić information content (AvgIpc) is 3.07. The van der Waals surface area contributed by atoms with E-state index in [0.717, 1.165) is 5.56 Å². The summed E-state index contributed by atoms with van der Waals surface area (Å²) in [5.74, 6) is 1.28. The molecule has 0 aliphatic heterocycles. The monoisotopic (exact) mass is 255 g/mol. The number of anilines is 2. The molecule has 0 saturated heterocycles. The van der Waals surface area contributed by atoms with Crippen LogP contribution >= 0.6 is 11.6 Å². The van der Waals surface area contributed by atoms with Crippen molar-refractivity contribution in [1.82, 2.24) is 4.98 Å². The third kappa shape index (κ3) is 2.82. The van der Waals surface area contributed by atoms with Crippen molar-refractivity contribution in [2.45, 2.75) is 32.9 Å². The van der Waals surface area contributed by atoms with Crippen molar-refractivity contribution in [3.05, 3.63) is 16.8 Å². The fourth-order valence-electron chi connectivity index (χ4n) is 1.90. The van der Waals surface area contributed by atoms with Gasteiger partial charge in [-0.2, -0.15) is 0 Å². The molecule has 0 radical (unpaired) electrons. The molecule has 1 aliphatic carbocycles. The van der Waals surface area contributed by atoms with Crippen molar-refractivity contribution < 1.29 is 5.11 Å². The summed E-state index contributed by atoms with van der Waals surface area (Å²) in [6.07, 6.45) is 1.75. The number of nitrogens with one attached hydrogen (secondary N) is 1. The molecule has 1 aromatic heterocycles. The largest absolute Gasteiger partial charge is 0.396 e. The molecule has 0 bridgehead atoms. The first kappa shape index (κ1) is 12.5. The molecule has 1 aromatic rings. The number of nitrogens with two attached hydrogens (primary N) is 1. The number of halogens is 1. The normalized spacial score (nSPS) is 18.8. The summed E-state index contributed by atoms with van der Waals surface area (Å²) in [5, 5.41) is 13.4. The van der Waals surface area contributed by atoms with Gasteiger partial charge in [-0.3, -0.25) is 0 Å². The molecular weight excluding hydrogens is 238 g/mol. The lowest BCUT2D eigenvalue weighted by Crippen LogP contribution is -2.29. The predicted octanol–water partition coefficient (Wildman–Crippen LogP) is 2.40. The molecule has 1 saturated carbocycles. The molecule has 4 nitrogen and oxygen atoms in total. The van der Waals surface area contributed by atoms with Crippen LogP contribution < -0.4 is 11.1 Å². The van der Waals surface area contributed by atoms with E-state index in [4.69, 9.17) is 17.3 Å². The number of aliphatic hydroxyl groups excluding tert-OH is 1. The van der Waals surface area contributed by atoms with Gasteiger partial charge in [0.25, 0.3) is 0 Å². The second kappa shape index (κ2) is 4.70. The fourth-order valence-corrected chi connectivity index (χ4v) is 2.15. The Labute approximate surface area is 106 Å². The van der Waals surface area contributed by atoms with Gasteiger partial charge in [0.1, 0.15) is 11.4 Å². The first-order valence-corrected chi connectivity index (χ1v) is 6.24. The van der Waals surface area contributed by atoms with Gasteiger partial charge in [0.2, 0.25) is 0 Å². The molecule has 0 aromatic carbocycles. The standard InChI is InChI=1S/C12H18ClN3O/c1-6-5-9(13)15-11(10(6)14)16-12(17)7(2)8-3-4-8/h5,7-8,12,17H,3-4,14H2,1-2H3,(H,15,16). The lowest BCUT2D eigenvalue weighted by atomic mass is 10.0. The molecule has 1 heterocycles. The van der Waals surface area contributed by atoms with E-state index in [-0.39, 0.29) is 5.92 Å². The summed E-state index contributed by atoms with van der Waals surface area (Å²) in [4.78, 5) is 4.10. The van der Waals surface area contributed by atoms with Gasteiger partial charge < -0.3 is 16.2 Å². The van der Waals surface area contributed by atoms with Crippen molar-refractivity contribution >= 4 is 23.1 Å². The zero-order valence-corrected chi connectivity index (χ0v) is 10.8. The van der Waals surface area contributed by atoms with Crippen LogP contribution in [-0.4, -0.2) is 16.3 Å². The highest BCUT2D eigenvalue weighted by molar-refractivity contribution is 6.29. The van der Waals surface area contributed by atoms with E-state index in [9.17, 15) is 5.11 Å². The molecule has 94 valence electrons. The highest BCUT2D eigenvalue weighted by Gasteiger charge is 2.32. The van der Waals surface area contributed by atoms with Crippen molar-refractivity contribution in [1.29, 1.82) is 0 Å². The minimum absolute atomic E-state index is 0.204. The Hall–Kier alpha value is -1.00. The fraction of sp³-hybridized carbons (Fsp3) is 0.583. The van der Waals surface area contributed by atoms with Crippen LogP contribution in [0.25, 0.3) is 0 Å². The molecule has 1 fully saturated rings. The third-order valence-corrected chi connectivity index (χ3v) is 3.58. The summed E-state index contributed by atoms with van der Waals surface area (Å²) in [5.41, 5.74) is 7.30. The van der Waals surface area contributed by atoms with Crippen LogP contribution in [0.3, 0.4) is 0 Å². The Morgan fingerprint density at radius 1 is 1.59 bits per heavy atom. The molecule has 0 spiro atoms. The highest BCUT2D eigenvalue weighted by atomic mass is 35.5. The van der Waals surface area contributed by atoms with E-state index in [0.29, 0.717) is 22.6 Å². The van der Waals surface area contributed by atoms with E-state index in [2.05, 4.69) is 10.3 Å². The van der Waals surface area contributed by atoms with Crippen molar-refractivity contribution in [2.24, 2.45) is 11.8 Å². The van der Waals surface area contributed by atoms with Gasteiger partial charge in [0, 0.05) is 5.92 Å². The van der Waals surface area contributed by atoms with Crippen molar-refractivity contribution in [3.63, 3.8) is 0 Å². The Kier molecular flexibility index (Phi) is 3.45. The minimum atomic E-state index is -0.629. The molecule has 17 heavy (non-hydrogen) atoms. The van der Waals surface area contributed by atoms with Gasteiger partial charge in [-0.25, -0.2) is 4.98 Å². The predicted molar refractivity (Wildman–Crippen MR) is 69.9 cm³/mol. The van der Waals surface area contributed by atoms with Crippen molar-refractivity contribution in [3.8, 4) is 0 Å². The molecule has 4 N–H and O–H groups in total. The number of aliphatic hydroxyl groups is 1. The maximum Gasteiger partial charge on any atom is 0.153 e. The Balaban J connectivity index is 2.11. The van der Waals surface area contributed by atoms with Crippen LogP contribution in [0.5, 0.6) is 0 Å². The molecule has 2 unspecified atom stereocenters. The number of pyridine rings is 1. The van der Waals surface area contributed by atoms with E-state index in [1.54, 1.807) is 6.07 Å². The van der Waals surface area contributed by atoms with Crippen LogP contribution in [0.1, 0.15) is 25.3 Å². The van der Waals surface area contributed by atoms with Crippen LogP contribution in [0.4, 0.5) is 11.5 Å². The molecule has 1 aliphatic rings. The first-order valence-electron chi connectivity index (χ1n) is 5.86. The summed E-state index contributed by atoms with van der Waals surface area (Å²) in [7, 11) is 0. The SMILES string of the molecule is Cc1cc(Cl)nc(NC(O)C(C)C2CC2)c1N. The van der Waals surface area contributed by atoms with Gasteiger partial charge in [0.15, 0.2) is 5.82 Å². The summed E-state index contributed by atoms with van der Waals surface area (Å²) < 4.78 is 0. The lowest BCUT2D eigenvalue weighted by molar-refractivity contribution is 0.131. The smallest absolute Gasteiger partial charge is 0.153 e. The number of hydrogen-bond donors (Lipinski definition) is 3. The number of aromatic nitrogens is 1. The van der Waals surface area contributed by atoms with E-state index in [1.807, 2.05) is 13.8 Å². The number of rotatable bonds is 4. The highest BCUT2D eigenvalue weighted by Crippen LogP contribution is 2.38. The Bertz CT molecular complexity index is 420. The maximum absolute atomic E-state index is 10.0. The number of nitrogen functional groups attached to an aromatic ring is 1. The van der Waals surface area contributed by atoms with Gasteiger partial charge in [0.05, 0.1) is 5.69 Å². The van der Waals surface area contributed by atoms with Crippen molar-refractivity contribution in [2.75, 3.05) is 11.1 Å². The van der Waals surface area contributed by atoms with E-state index in [1.165, 1.54) is 12.8 Å². The summed E-state index contributed by atoms with van der Waals surface area (Å²) in [6.45, 7) is 3.90. The second-order valence-corrected chi connectivity index (χ2v) is 5.20. The average molecular weight is 256 g/mol. The molecule has 2 atom stereocenters. The molecule has 0 amide bonds. The lowest BCUT2D eigenvalue weighted by Gasteiger charge is -2.21. The van der Waals surface area contributed by atoms with Crippen LogP contribution in [0.15, 0.2) is 6.07 Å². The van der Waals surface area contributed by atoms with Crippen LogP contribution in [0.2, 0.25) is 5.15 Å². The number of hydrogen-bond acceptors (Lipinski definition) is 4.